The van der Waals surface area contributed by atoms with Crippen molar-refractivity contribution in [3.05, 3.63) is 74.1 Å². The molecule has 6 heteroatoms. The molecule has 0 spiro atoms. The summed E-state index contributed by atoms with van der Waals surface area (Å²) >= 11 is 12.0. The molecule has 0 fully saturated rings. The minimum absolute atomic E-state index is 0.0572. The third-order valence-electron chi connectivity index (χ3n) is 4.13. The van der Waals surface area contributed by atoms with E-state index in [2.05, 4.69) is 0 Å². The van der Waals surface area contributed by atoms with Crippen molar-refractivity contribution in [1.82, 2.24) is 0 Å². The normalized spacial score (nSPS) is 14.1. The Bertz CT molecular complexity index is 1020. The van der Waals surface area contributed by atoms with Crippen LogP contribution in [-0.2, 0) is 6.42 Å². The van der Waals surface area contributed by atoms with Crippen LogP contribution in [0, 0.1) is 0 Å². The van der Waals surface area contributed by atoms with E-state index in [1.165, 1.54) is 0 Å². The van der Waals surface area contributed by atoms with Gasteiger partial charge in [0.05, 0.1) is 16.0 Å². The first kappa shape index (κ1) is 15.2. The molecule has 0 atom stereocenters. The Morgan fingerprint density at radius 1 is 1.00 bits per heavy atom. The highest BCUT2D eigenvalue weighted by Crippen LogP contribution is 2.29. The van der Waals surface area contributed by atoms with Gasteiger partial charge in [0.2, 0.25) is 0 Å². The molecule has 1 aromatic heterocycles. The molecular formula is C18H11Cl2NO3. The minimum atomic E-state index is -0.350. The average Bonchev–Trinajstić information content (AvgIpc) is 2.58. The van der Waals surface area contributed by atoms with E-state index in [1.54, 1.807) is 47.4 Å². The average molecular weight is 360 g/mol. The Morgan fingerprint density at radius 2 is 1.75 bits per heavy atom. The van der Waals surface area contributed by atoms with Crippen molar-refractivity contribution >= 4 is 45.8 Å². The van der Waals surface area contributed by atoms with Gasteiger partial charge in [0.15, 0.2) is 16.8 Å². The lowest BCUT2D eigenvalue weighted by molar-refractivity contribution is 0.0952. The summed E-state index contributed by atoms with van der Waals surface area (Å²) in [7, 11) is 0. The number of fused-ring (bicyclic) bond motifs is 2. The Labute approximate surface area is 147 Å². The molecule has 0 unspecified atom stereocenters. The van der Waals surface area contributed by atoms with E-state index in [0.717, 1.165) is 0 Å². The quantitative estimate of drug-likeness (QED) is 0.650. The Kier molecular flexibility index (Phi) is 3.59. The van der Waals surface area contributed by atoms with Crippen molar-refractivity contribution < 1.29 is 9.21 Å². The zero-order chi connectivity index (χ0) is 16.8. The molecule has 2 heterocycles. The summed E-state index contributed by atoms with van der Waals surface area (Å²) in [5.41, 5.74) is 1.16. The number of para-hydroxylation sites is 1. The molecule has 1 aliphatic rings. The van der Waals surface area contributed by atoms with Crippen molar-refractivity contribution in [1.29, 1.82) is 0 Å². The number of halogens is 2. The summed E-state index contributed by atoms with van der Waals surface area (Å²) in [5, 5.41) is 1.30. The van der Waals surface area contributed by atoms with E-state index in [4.69, 9.17) is 27.6 Å². The second-order valence-electron chi connectivity index (χ2n) is 5.54. The van der Waals surface area contributed by atoms with E-state index in [9.17, 15) is 9.59 Å². The third-order valence-corrected chi connectivity index (χ3v) is 4.68. The van der Waals surface area contributed by atoms with E-state index in [0.29, 0.717) is 39.6 Å². The highest BCUT2D eigenvalue weighted by atomic mass is 35.5. The van der Waals surface area contributed by atoms with Gasteiger partial charge in [0.25, 0.3) is 5.91 Å². The molecule has 120 valence electrons. The molecule has 0 saturated heterocycles. The van der Waals surface area contributed by atoms with Gasteiger partial charge < -0.3 is 9.32 Å². The zero-order valence-electron chi connectivity index (χ0n) is 12.4. The van der Waals surface area contributed by atoms with Crippen LogP contribution in [0.25, 0.3) is 11.0 Å². The van der Waals surface area contributed by atoms with Gasteiger partial charge in [-0.25, -0.2) is 0 Å². The number of rotatable bonds is 1. The molecular weight excluding hydrogens is 349 g/mol. The van der Waals surface area contributed by atoms with Gasteiger partial charge in [0, 0.05) is 17.3 Å². The van der Waals surface area contributed by atoms with Crippen molar-refractivity contribution in [3.63, 3.8) is 0 Å². The Hall–Kier alpha value is -2.30. The van der Waals surface area contributed by atoms with Crippen molar-refractivity contribution in [3.8, 4) is 0 Å². The lowest BCUT2D eigenvalue weighted by Gasteiger charge is -2.27. The molecule has 4 rings (SSSR count). The van der Waals surface area contributed by atoms with Crippen LogP contribution in [-0.4, -0.2) is 12.5 Å². The predicted molar refractivity (Wildman–Crippen MR) is 94.3 cm³/mol. The van der Waals surface area contributed by atoms with E-state index < -0.39 is 0 Å². The van der Waals surface area contributed by atoms with Crippen LogP contribution in [0.5, 0.6) is 0 Å². The maximum Gasteiger partial charge on any atom is 0.294 e. The fraction of sp³-hybridized carbons (Fsp3) is 0.111. The van der Waals surface area contributed by atoms with Crippen molar-refractivity contribution in [2.45, 2.75) is 6.42 Å². The van der Waals surface area contributed by atoms with Crippen LogP contribution < -0.4 is 10.3 Å². The van der Waals surface area contributed by atoms with Crippen LogP contribution in [0.15, 0.2) is 51.7 Å². The van der Waals surface area contributed by atoms with Crippen LogP contribution in [0.4, 0.5) is 5.69 Å². The van der Waals surface area contributed by atoms with Gasteiger partial charge in [-0.1, -0.05) is 29.3 Å². The summed E-state index contributed by atoms with van der Waals surface area (Å²) in [6.45, 7) is 0.407. The van der Waals surface area contributed by atoms with Crippen LogP contribution in [0.2, 0.25) is 10.0 Å². The third kappa shape index (κ3) is 2.30. The second-order valence-corrected chi connectivity index (χ2v) is 6.38. The van der Waals surface area contributed by atoms with Gasteiger partial charge in [-0.3, -0.25) is 9.59 Å². The Morgan fingerprint density at radius 3 is 2.50 bits per heavy atom. The molecule has 0 saturated carbocycles. The number of nitrogens with zero attached hydrogens (tertiary/aromatic N) is 1. The molecule has 0 radical (unpaired) electrons. The topological polar surface area (TPSA) is 50.5 Å². The summed E-state index contributed by atoms with van der Waals surface area (Å²) in [4.78, 5) is 27.1. The number of benzene rings is 2. The monoisotopic (exact) mass is 359 g/mol. The molecule has 3 aromatic rings. The smallest absolute Gasteiger partial charge is 0.294 e. The first-order valence-corrected chi connectivity index (χ1v) is 8.13. The predicted octanol–water partition coefficient (Wildman–Crippen LogP) is 4.30. The maximum atomic E-state index is 12.8. The molecule has 24 heavy (non-hydrogen) atoms. The van der Waals surface area contributed by atoms with E-state index >= 15 is 0 Å². The van der Waals surface area contributed by atoms with Crippen molar-refractivity contribution in [2.24, 2.45) is 0 Å². The first-order valence-electron chi connectivity index (χ1n) is 7.38. The lowest BCUT2D eigenvalue weighted by atomic mass is 10.0. The second kappa shape index (κ2) is 5.65. The molecule has 4 nitrogen and oxygen atoms in total. The molecule has 0 N–H and O–H groups in total. The van der Waals surface area contributed by atoms with E-state index in [1.807, 2.05) is 0 Å². The Balaban J connectivity index is 1.88. The first-order chi connectivity index (χ1) is 11.6. The summed E-state index contributed by atoms with van der Waals surface area (Å²) < 4.78 is 5.73. The number of amides is 1. The van der Waals surface area contributed by atoms with Gasteiger partial charge in [-0.05, 0) is 42.8 Å². The number of hydrogen-bond acceptors (Lipinski definition) is 3. The minimum Gasteiger partial charge on any atom is -0.449 e. The van der Waals surface area contributed by atoms with Crippen LogP contribution in [0.1, 0.15) is 16.1 Å². The SMILES string of the molecule is O=C1c2oc3c(Cl)cccc3c(=O)c2CCN1c1ccc(Cl)cc1. The standard InChI is InChI=1S/C18H11Cl2NO3/c19-10-4-6-11(7-5-10)21-9-8-13-15(22)12-2-1-3-14(20)16(12)24-17(13)18(21)23/h1-7H,8-9H2. The fourth-order valence-electron chi connectivity index (χ4n) is 2.94. The van der Waals surface area contributed by atoms with Crippen LogP contribution in [0.3, 0.4) is 0 Å². The summed E-state index contributed by atoms with van der Waals surface area (Å²) in [5.74, 6) is -0.292. The molecule has 1 aliphatic heterocycles. The number of carbonyl (C=O) groups excluding carboxylic acids is 1. The van der Waals surface area contributed by atoms with Crippen LogP contribution >= 0.6 is 23.2 Å². The van der Waals surface area contributed by atoms with Gasteiger partial charge in [-0.2, -0.15) is 0 Å². The zero-order valence-corrected chi connectivity index (χ0v) is 13.9. The van der Waals surface area contributed by atoms with Crippen molar-refractivity contribution in [2.75, 3.05) is 11.4 Å². The van der Waals surface area contributed by atoms with Gasteiger partial charge in [0.1, 0.15) is 0 Å². The van der Waals surface area contributed by atoms with Gasteiger partial charge in [-0.15, -0.1) is 0 Å². The fourth-order valence-corrected chi connectivity index (χ4v) is 3.27. The number of carbonyl (C=O) groups is 1. The molecule has 1 amide bonds. The largest absolute Gasteiger partial charge is 0.449 e. The lowest BCUT2D eigenvalue weighted by Crippen LogP contribution is -2.40. The van der Waals surface area contributed by atoms with E-state index in [-0.39, 0.29) is 22.7 Å². The number of hydrogen-bond donors (Lipinski definition) is 0. The molecule has 0 aliphatic carbocycles. The number of anilines is 1. The summed E-state index contributed by atoms with van der Waals surface area (Å²) in [6, 6.07) is 11.9. The van der Waals surface area contributed by atoms with Gasteiger partial charge >= 0.3 is 0 Å². The molecule has 2 aromatic carbocycles. The summed E-state index contributed by atoms with van der Waals surface area (Å²) in [6.07, 6.45) is 0.425. The highest BCUT2D eigenvalue weighted by Gasteiger charge is 2.31. The molecule has 0 bridgehead atoms. The highest BCUT2D eigenvalue weighted by molar-refractivity contribution is 6.34. The maximum absolute atomic E-state index is 12.8.